The number of benzene rings is 5. The van der Waals surface area contributed by atoms with E-state index in [0.717, 1.165) is 22.1 Å². The Morgan fingerprint density at radius 1 is 0.605 bits per heavy atom. The predicted octanol–water partition coefficient (Wildman–Crippen LogP) is 6.50. The highest BCUT2D eigenvalue weighted by Gasteiger charge is 2.23. The Bertz CT molecular complexity index is 2150. The Morgan fingerprint density at radius 3 is 2.29 bits per heavy atom. The second-order valence-electron chi connectivity index (χ2n) is 9.42. The third-order valence-electron chi connectivity index (χ3n) is 7.26. The summed E-state index contributed by atoms with van der Waals surface area (Å²) in [5.74, 6) is 0. The van der Waals surface area contributed by atoms with E-state index in [1.807, 2.05) is 6.20 Å². The zero-order chi connectivity index (χ0) is 25.1. The lowest BCUT2D eigenvalue weighted by Crippen LogP contribution is -2.22. The quantitative estimate of drug-likeness (QED) is 0.204. The van der Waals surface area contributed by atoms with Gasteiger partial charge in [-0.15, -0.1) is 0 Å². The fourth-order valence-electron chi connectivity index (χ4n) is 5.62. The number of aromatic nitrogens is 4. The highest BCUT2D eigenvalue weighted by molar-refractivity contribution is 7.80. The van der Waals surface area contributed by atoms with Crippen molar-refractivity contribution in [2.75, 3.05) is 0 Å². The topological polar surface area (TPSA) is 43.1 Å². The van der Waals surface area contributed by atoms with Crippen molar-refractivity contribution in [3.63, 3.8) is 0 Å². The highest BCUT2D eigenvalue weighted by Crippen LogP contribution is 2.39. The van der Waals surface area contributed by atoms with Crippen molar-refractivity contribution < 1.29 is 0 Å². The van der Waals surface area contributed by atoms with E-state index < -0.39 is 7.92 Å². The van der Waals surface area contributed by atoms with E-state index in [1.54, 1.807) is 6.33 Å². The van der Waals surface area contributed by atoms with Crippen molar-refractivity contribution in [1.29, 1.82) is 0 Å². The van der Waals surface area contributed by atoms with Crippen LogP contribution in [-0.4, -0.2) is 19.4 Å². The van der Waals surface area contributed by atoms with Crippen LogP contribution < -0.4 is 15.9 Å². The van der Waals surface area contributed by atoms with Gasteiger partial charge in [0, 0.05) is 27.7 Å². The molecule has 3 aromatic heterocycles. The van der Waals surface area contributed by atoms with Crippen LogP contribution in [0.3, 0.4) is 0 Å². The van der Waals surface area contributed by atoms with Gasteiger partial charge in [0.1, 0.15) is 12.0 Å². The fraction of sp³-hybridized carbons (Fsp3) is 0. The molecular formula is C33H21N4P. The van der Waals surface area contributed by atoms with E-state index in [1.165, 1.54) is 43.1 Å². The molecule has 5 heteroatoms. The molecule has 178 valence electrons. The molecule has 0 aliphatic carbocycles. The maximum absolute atomic E-state index is 5.23. The van der Waals surface area contributed by atoms with Gasteiger partial charge in [-0.2, -0.15) is 0 Å². The summed E-state index contributed by atoms with van der Waals surface area (Å²) in [5, 5.41) is 8.51. The molecule has 3 heterocycles. The van der Waals surface area contributed by atoms with Crippen molar-refractivity contribution in [2.24, 2.45) is 0 Å². The first-order valence-corrected chi connectivity index (χ1v) is 14.0. The van der Waals surface area contributed by atoms with Crippen molar-refractivity contribution in [3.8, 4) is 0 Å². The second kappa shape index (κ2) is 8.44. The number of imidazole rings is 1. The Balaban J connectivity index is 1.53. The third kappa shape index (κ3) is 3.17. The first kappa shape index (κ1) is 21.4. The molecule has 0 amide bonds. The van der Waals surface area contributed by atoms with E-state index in [0.29, 0.717) is 0 Å². The van der Waals surface area contributed by atoms with Gasteiger partial charge in [-0.1, -0.05) is 97.1 Å². The monoisotopic (exact) mass is 504 g/mol. The van der Waals surface area contributed by atoms with Crippen LogP contribution in [0.5, 0.6) is 0 Å². The summed E-state index contributed by atoms with van der Waals surface area (Å²) < 4.78 is 2.38. The summed E-state index contributed by atoms with van der Waals surface area (Å²) in [6.07, 6.45) is 3.50. The molecule has 0 bridgehead atoms. The number of para-hydroxylation sites is 2. The molecule has 0 fully saturated rings. The van der Waals surface area contributed by atoms with E-state index in [-0.39, 0.29) is 0 Å². The molecule has 0 N–H and O–H groups in total. The molecule has 8 rings (SSSR count). The van der Waals surface area contributed by atoms with Crippen molar-refractivity contribution in [3.05, 3.63) is 128 Å². The van der Waals surface area contributed by atoms with Crippen LogP contribution in [0.4, 0.5) is 0 Å². The molecule has 0 radical (unpaired) electrons. The Kier molecular flexibility index (Phi) is 4.76. The van der Waals surface area contributed by atoms with Crippen molar-refractivity contribution >= 4 is 73.1 Å². The Morgan fingerprint density at radius 2 is 1.39 bits per heavy atom. The minimum atomic E-state index is -0.886. The Labute approximate surface area is 220 Å². The SMILES string of the molecule is c1ccc(P(c2ccc3cncnc3c2)c2cccc3nc4c5ccccc5c5ccccc5n4c23)cc1. The van der Waals surface area contributed by atoms with Gasteiger partial charge in [-0.25, -0.2) is 15.0 Å². The zero-order valence-electron chi connectivity index (χ0n) is 20.4. The maximum atomic E-state index is 5.23. The summed E-state index contributed by atoms with van der Waals surface area (Å²) >= 11 is 0. The van der Waals surface area contributed by atoms with Gasteiger partial charge < -0.3 is 0 Å². The van der Waals surface area contributed by atoms with Gasteiger partial charge in [0.15, 0.2) is 0 Å². The van der Waals surface area contributed by atoms with Crippen LogP contribution in [0.2, 0.25) is 0 Å². The molecule has 0 aliphatic heterocycles. The van der Waals surface area contributed by atoms with Gasteiger partial charge in [-0.3, -0.25) is 4.40 Å². The standard InChI is InChI=1S/C33H21N4P/c1-2-9-23(10-3-1)38(24-18-17-22-20-34-21-35-29(22)19-24)31-16-8-14-28-32(31)37-30-15-7-6-12-26(30)25-11-4-5-13-27(25)33(37)36-28/h1-21H. The first-order chi connectivity index (χ1) is 18.9. The van der Waals surface area contributed by atoms with Crippen LogP contribution in [-0.2, 0) is 0 Å². The van der Waals surface area contributed by atoms with Crippen LogP contribution in [0.25, 0.3) is 49.3 Å². The minimum Gasteiger partial charge on any atom is -0.291 e. The average Bonchev–Trinajstić information content (AvgIpc) is 3.39. The summed E-state index contributed by atoms with van der Waals surface area (Å²) in [6, 6.07) is 41.3. The molecule has 38 heavy (non-hydrogen) atoms. The number of fused-ring (bicyclic) bond motifs is 9. The normalized spacial score (nSPS) is 12.6. The molecular weight excluding hydrogens is 483 g/mol. The fourth-order valence-corrected chi connectivity index (χ4v) is 8.08. The predicted molar refractivity (Wildman–Crippen MR) is 160 cm³/mol. The number of hydrogen-bond acceptors (Lipinski definition) is 3. The smallest absolute Gasteiger partial charge is 0.146 e. The van der Waals surface area contributed by atoms with Crippen LogP contribution in [0.15, 0.2) is 128 Å². The highest BCUT2D eigenvalue weighted by atomic mass is 31.1. The van der Waals surface area contributed by atoms with Gasteiger partial charge in [0.2, 0.25) is 0 Å². The van der Waals surface area contributed by atoms with Crippen LogP contribution in [0.1, 0.15) is 0 Å². The maximum Gasteiger partial charge on any atom is 0.146 e. The Hall–Kier alpha value is -4.66. The van der Waals surface area contributed by atoms with Gasteiger partial charge in [0.25, 0.3) is 0 Å². The zero-order valence-corrected chi connectivity index (χ0v) is 21.3. The summed E-state index contributed by atoms with van der Waals surface area (Å²) in [4.78, 5) is 14.0. The molecule has 1 unspecified atom stereocenters. The summed E-state index contributed by atoms with van der Waals surface area (Å²) in [5.41, 5.74) is 5.31. The lowest BCUT2D eigenvalue weighted by atomic mass is 10.1. The average molecular weight is 505 g/mol. The van der Waals surface area contributed by atoms with Crippen LogP contribution in [0, 0.1) is 0 Å². The summed E-state index contributed by atoms with van der Waals surface area (Å²) in [6.45, 7) is 0. The molecule has 0 aliphatic rings. The number of hydrogen-bond donors (Lipinski definition) is 0. The number of pyridine rings is 1. The molecule has 5 aromatic carbocycles. The lowest BCUT2D eigenvalue weighted by molar-refractivity contribution is 1.22. The van der Waals surface area contributed by atoms with Gasteiger partial charge in [-0.05, 0) is 42.1 Å². The number of nitrogens with zero attached hydrogens (tertiary/aromatic N) is 4. The molecule has 0 saturated carbocycles. The van der Waals surface area contributed by atoms with E-state index in [2.05, 4.69) is 130 Å². The lowest BCUT2D eigenvalue weighted by Gasteiger charge is -2.21. The van der Waals surface area contributed by atoms with Crippen molar-refractivity contribution in [1.82, 2.24) is 19.4 Å². The first-order valence-electron chi connectivity index (χ1n) is 12.6. The molecule has 1 atom stereocenters. The van der Waals surface area contributed by atoms with E-state index >= 15 is 0 Å². The third-order valence-corrected chi connectivity index (χ3v) is 9.71. The van der Waals surface area contributed by atoms with Crippen LogP contribution >= 0.6 is 7.92 Å². The number of rotatable bonds is 3. The van der Waals surface area contributed by atoms with Gasteiger partial charge in [0.05, 0.1) is 22.1 Å². The molecule has 8 aromatic rings. The molecule has 0 spiro atoms. The van der Waals surface area contributed by atoms with E-state index in [4.69, 9.17) is 4.98 Å². The summed E-state index contributed by atoms with van der Waals surface area (Å²) in [7, 11) is -0.886. The molecule has 0 saturated heterocycles. The van der Waals surface area contributed by atoms with E-state index in [9.17, 15) is 0 Å². The van der Waals surface area contributed by atoms with Crippen molar-refractivity contribution in [2.45, 2.75) is 0 Å². The molecule has 4 nitrogen and oxygen atoms in total. The largest absolute Gasteiger partial charge is 0.291 e. The second-order valence-corrected chi connectivity index (χ2v) is 11.6. The minimum absolute atomic E-state index is 0.886. The van der Waals surface area contributed by atoms with Gasteiger partial charge >= 0.3 is 0 Å².